The summed E-state index contributed by atoms with van der Waals surface area (Å²) in [6.07, 6.45) is 7.11. The number of nitrogens with one attached hydrogen (secondary N) is 1. The van der Waals surface area contributed by atoms with Crippen molar-refractivity contribution in [3.63, 3.8) is 0 Å². The van der Waals surface area contributed by atoms with E-state index in [1.165, 1.54) is 25.7 Å². The molecular weight excluding hydrogens is 390 g/mol. The van der Waals surface area contributed by atoms with Crippen LogP contribution in [-0.4, -0.2) is 23.5 Å². The SMILES string of the molecule is CSC1(CNC(=O)c2ccc(Br)cc2Br)CCCC1. The van der Waals surface area contributed by atoms with Crippen LogP contribution in [0.25, 0.3) is 0 Å². The smallest absolute Gasteiger partial charge is 0.252 e. The molecule has 1 fully saturated rings. The van der Waals surface area contributed by atoms with Crippen LogP contribution in [0.15, 0.2) is 27.1 Å². The average Bonchev–Trinajstić information content (AvgIpc) is 2.85. The summed E-state index contributed by atoms with van der Waals surface area (Å²) in [5, 5.41) is 3.09. The van der Waals surface area contributed by atoms with Crippen LogP contribution in [0.2, 0.25) is 0 Å². The van der Waals surface area contributed by atoms with Crippen LogP contribution in [0.5, 0.6) is 0 Å². The fraction of sp³-hybridized carbons (Fsp3) is 0.500. The zero-order valence-corrected chi connectivity index (χ0v) is 14.8. The number of hydrogen-bond donors (Lipinski definition) is 1. The molecule has 1 saturated carbocycles. The molecule has 0 aliphatic heterocycles. The summed E-state index contributed by atoms with van der Waals surface area (Å²) in [4.78, 5) is 12.2. The van der Waals surface area contributed by atoms with Gasteiger partial charge in [0.15, 0.2) is 0 Å². The maximum atomic E-state index is 12.2. The van der Waals surface area contributed by atoms with E-state index < -0.39 is 0 Å². The van der Waals surface area contributed by atoms with Gasteiger partial charge in [-0.05, 0) is 53.2 Å². The van der Waals surface area contributed by atoms with Crippen LogP contribution in [0, 0.1) is 0 Å². The van der Waals surface area contributed by atoms with Crippen molar-refractivity contribution >= 4 is 49.5 Å². The van der Waals surface area contributed by atoms with E-state index >= 15 is 0 Å². The van der Waals surface area contributed by atoms with Crippen molar-refractivity contribution in [2.45, 2.75) is 30.4 Å². The molecule has 19 heavy (non-hydrogen) atoms. The maximum Gasteiger partial charge on any atom is 0.252 e. The molecule has 5 heteroatoms. The standard InChI is InChI=1S/C14H17Br2NOS/c1-19-14(6-2-3-7-14)9-17-13(18)11-5-4-10(15)8-12(11)16/h4-5,8H,2-3,6-7,9H2,1H3,(H,17,18). The van der Waals surface area contributed by atoms with Crippen molar-refractivity contribution in [3.8, 4) is 0 Å². The first-order chi connectivity index (χ1) is 9.06. The molecule has 2 nitrogen and oxygen atoms in total. The third-order valence-corrected chi connectivity index (χ3v) is 6.26. The van der Waals surface area contributed by atoms with E-state index in [-0.39, 0.29) is 10.7 Å². The van der Waals surface area contributed by atoms with Gasteiger partial charge in [-0.2, -0.15) is 11.8 Å². The Morgan fingerprint density at radius 2 is 2.05 bits per heavy atom. The molecule has 1 aliphatic rings. The predicted molar refractivity (Wildman–Crippen MR) is 88.9 cm³/mol. The molecule has 0 unspecified atom stereocenters. The number of carbonyl (C=O) groups is 1. The Morgan fingerprint density at radius 1 is 1.37 bits per heavy atom. The van der Waals surface area contributed by atoms with E-state index in [0.717, 1.165) is 15.5 Å². The molecular formula is C14H17Br2NOS. The Bertz CT molecular complexity index is 473. The average molecular weight is 407 g/mol. The van der Waals surface area contributed by atoms with Gasteiger partial charge in [0.1, 0.15) is 0 Å². The minimum atomic E-state index is -0.000278. The fourth-order valence-electron chi connectivity index (χ4n) is 2.48. The molecule has 0 bridgehead atoms. The van der Waals surface area contributed by atoms with E-state index in [2.05, 4.69) is 43.4 Å². The number of hydrogen-bond acceptors (Lipinski definition) is 2. The van der Waals surface area contributed by atoms with E-state index in [0.29, 0.717) is 5.56 Å². The molecule has 1 aliphatic carbocycles. The van der Waals surface area contributed by atoms with Crippen LogP contribution < -0.4 is 5.32 Å². The molecule has 1 amide bonds. The zero-order chi connectivity index (χ0) is 13.9. The van der Waals surface area contributed by atoms with Crippen molar-refractivity contribution in [2.75, 3.05) is 12.8 Å². The van der Waals surface area contributed by atoms with Gasteiger partial charge in [0.25, 0.3) is 5.91 Å². The lowest BCUT2D eigenvalue weighted by molar-refractivity contribution is 0.0949. The van der Waals surface area contributed by atoms with E-state index in [9.17, 15) is 4.79 Å². The summed E-state index contributed by atoms with van der Waals surface area (Å²) in [7, 11) is 0. The molecule has 104 valence electrons. The number of thioether (sulfide) groups is 1. The summed E-state index contributed by atoms with van der Waals surface area (Å²) in [6, 6.07) is 5.62. The molecule has 1 aromatic rings. The number of halogens is 2. The van der Waals surface area contributed by atoms with Crippen molar-refractivity contribution in [3.05, 3.63) is 32.7 Å². The molecule has 1 N–H and O–H groups in total. The monoisotopic (exact) mass is 405 g/mol. The minimum absolute atomic E-state index is 0.000278. The highest BCUT2D eigenvalue weighted by molar-refractivity contribution is 9.11. The maximum absolute atomic E-state index is 12.2. The van der Waals surface area contributed by atoms with Gasteiger partial charge in [-0.25, -0.2) is 0 Å². The topological polar surface area (TPSA) is 29.1 Å². The van der Waals surface area contributed by atoms with E-state index in [1.807, 2.05) is 30.0 Å². The van der Waals surface area contributed by atoms with Crippen LogP contribution in [0.3, 0.4) is 0 Å². The van der Waals surface area contributed by atoms with Crippen molar-refractivity contribution in [1.29, 1.82) is 0 Å². The van der Waals surface area contributed by atoms with Crippen molar-refractivity contribution in [2.24, 2.45) is 0 Å². The summed E-state index contributed by atoms with van der Waals surface area (Å²) >= 11 is 8.72. The lowest BCUT2D eigenvalue weighted by Gasteiger charge is -2.27. The van der Waals surface area contributed by atoms with Crippen molar-refractivity contribution < 1.29 is 4.79 Å². The highest BCUT2D eigenvalue weighted by Gasteiger charge is 2.33. The molecule has 0 atom stereocenters. The fourth-order valence-corrected chi connectivity index (χ4v) is 4.62. The summed E-state index contributed by atoms with van der Waals surface area (Å²) in [5.74, 6) is -0.000278. The third-order valence-electron chi connectivity index (χ3n) is 3.69. The number of amides is 1. The van der Waals surface area contributed by atoms with Crippen LogP contribution in [0.4, 0.5) is 0 Å². The second-order valence-electron chi connectivity index (χ2n) is 4.90. The van der Waals surface area contributed by atoms with Gasteiger partial charge in [0.2, 0.25) is 0 Å². The Balaban J connectivity index is 2.01. The second-order valence-corrected chi connectivity index (χ2v) is 7.95. The summed E-state index contributed by atoms with van der Waals surface area (Å²) in [5.41, 5.74) is 0.692. The second kappa shape index (κ2) is 6.64. The third kappa shape index (κ3) is 3.76. The molecule has 0 radical (unpaired) electrons. The van der Waals surface area contributed by atoms with Gasteiger partial charge in [-0.15, -0.1) is 0 Å². The molecule has 0 heterocycles. The predicted octanol–water partition coefficient (Wildman–Crippen LogP) is 4.62. The Labute approximate surface area is 135 Å². The number of carbonyl (C=O) groups excluding carboxylic acids is 1. The quantitative estimate of drug-likeness (QED) is 0.790. The normalized spacial score (nSPS) is 17.4. The largest absolute Gasteiger partial charge is 0.351 e. The van der Waals surface area contributed by atoms with Crippen LogP contribution in [-0.2, 0) is 0 Å². The first kappa shape index (κ1) is 15.4. The molecule has 0 spiro atoms. The Kier molecular flexibility index (Phi) is 5.37. The molecule has 0 saturated heterocycles. The van der Waals surface area contributed by atoms with Gasteiger partial charge >= 0.3 is 0 Å². The minimum Gasteiger partial charge on any atom is -0.351 e. The van der Waals surface area contributed by atoms with E-state index in [4.69, 9.17) is 0 Å². The van der Waals surface area contributed by atoms with Crippen LogP contribution >= 0.6 is 43.6 Å². The first-order valence-electron chi connectivity index (χ1n) is 6.35. The van der Waals surface area contributed by atoms with Gasteiger partial charge in [0, 0.05) is 20.2 Å². The lowest BCUT2D eigenvalue weighted by atomic mass is 10.1. The van der Waals surface area contributed by atoms with Gasteiger partial charge in [-0.1, -0.05) is 28.8 Å². The van der Waals surface area contributed by atoms with Gasteiger partial charge < -0.3 is 5.32 Å². The highest BCUT2D eigenvalue weighted by Crippen LogP contribution is 2.39. The first-order valence-corrected chi connectivity index (χ1v) is 9.16. The molecule has 0 aromatic heterocycles. The number of rotatable bonds is 4. The highest BCUT2D eigenvalue weighted by atomic mass is 79.9. The summed E-state index contributed by atoms with van der Waals surface area (Å²) < 4.78 is 2.04. The van der Waals surface area contributed by atoms with Crippen molar-refractivity contribution in [1.82, 2.24) is 5.32 Å². The Hall–Kier alpha value is -0.000000000000000111. The van der Waals surface area contributed by atoms with E-state index in [1.54, 1.807) is 0 Å². The van der Waals surface area contributed by atoms with Crippen LogP contribution in [0.1, 0.15) is 36.0 Å². The number of benzene rings is 1. The zero-order valence-electron chi connectivity index (χ0n) is 10.8. The Morgan fingerprint density at radius 3 is 2.63 bits per heavy atom. The van der Waals surface area contributed by atoms with Gasteiger partial charge in [0.05, 0.1) is 5.56 Å². The lowest BCUT2D eigenvalue weighted by Crippen LogP contribution is -2.38. The molecule has 1 aromatic carbocycles. The van der Waals surface area contributed by atoms with Gasteiger partial charge in [-0.3, -0.25) is 4.79 Å². The summed E-state index contributed by atoms with van der Waals surface area (Å²) in [6.45, 7) is 0.759. The molecule has 2 rings (SSSR count).